The van der Waals surface area contributed by atoms with Crippen molar-refractivity contribution in [3.05, 3.63) is 144 Å². The number of hydrogen-bond donors (Lipinski definition) is 2. The van der Waals surface area contributed by atoms with E-state index in [1.807, 2.05) is 0 Å². The molecule has 0 aromatic heterocycles. The standard InChI is InChI=1S/2C10H9.2C6H5FO.C2H6Si.Zr/c2*1-8-6-9-4-2-3-5-10(9)7-8;2*7-5-1-3-6(8)4-2-5;1-3-2;/h2*2-7H,1H3;2*1-4,8H;1-2H3;/q2*-1;;;;+2. The molecule has 0 fully saturated rings. The van der Waals surface area contributed by atoms with Crippen LogP contribution in [0.15, 0.2) is 121 Å². The molecule has 6 aromatic rings. The van der Waals surface area contributed by atoms with Gasteiger partial charge in [0, 0.05) is 0 Å². The molecule has 0 radical (unpaired) electrons. The first kappa shape index (κ1) is 32.9. The predicted octanol–water partition coefficient (Wildman–Crippen LogP) is 9.58. The number of aromatic hydroxyl groups is 2. The summed E-state index contributed by atoms with van der Waals surface area (Å²) in [6.45, 7) is 8.87. The van der Waals surface area contributed by atoms with Crippen LogP contribution < -0.4 is 0 Å². The van der Waals surface area contributed by atoms with E-state index in [0.717, 1.165) is 0 Å². The first-order valence-electron chi connectivity index (χ1n) is 12.7. The van der Waals surface area contributed by atoms with Crippen LogP contribution in [-0.4, -0.2) is 15.6 Å². The average molecular weight is 632 g/mol. The summed E-state index contributed by atoms with van der Waals surface area (Å²) in [4.78, 5) is 0. The molecule has 2 nitrogen and oxygen atoms in total. The number of phenolic OH excluding ortho intramolecular Hbond substituents is 2. The van der Waals surface area contributed by atoms with E-state index in [4.69, 9.17) is 10.2 Å². The van der Waals surface area contributed by atoms with Crippen LogP contribution in [0.4, 0.5) is 8.78 Å². The summed E-state index contributed by atoms with van der Waals surface area (Å²) in [5.41, 5.74) is 2.91. The molecule has 0 unspecified atom stereocenters. The first-order valence-corrected chi connectivity index (χ1v) is 18.9. The van der Waals surface area contributed by atoms with Crippen LogP contribution in [-0.2, 0) is 23.3 Å². The minimum atomic E-state index is -0.331. The Hall–Kier alpha value is -3.34. The zero-order chi connectivity index (χ0) is 29.5. The van der Waals surface area contributed by atoms with Gasteiger partial charge in [-0.25, -0.2) is 8.78 Å². The Morgan fingerprint density at radius 3 is 1.15 bits per heavy atom. The van der Waals surface area contributed by atoms with Gasteiger partial charge in [0.1, 0.15) is 23.1 Å². The van der Waals surface area contributed by atoms with Crippen molar-refractivity contribution >= 4 is 27.0 Å². The van der Waals surface area contributed by atoms with Gasteiger partial charge in [0.2, 0.25) is 0 Å². The molecule has 6 rings (SSSR count). The second-order valence-corrected chi connectivity index (χ2v) is 18.7. The number of halogens is 2. The molecule has 0 aliphatic carbocycles. The van der Waals surface area contributed by atoms with Gasteiger partial charge >= 0.3 is 41.9 Å². The maximum atomic E-state index is 12.0. The van der Waals surface area contributed by atoms with Gasteiger partial charge in [-0.2, -0.15) is 12.1 Å². The van der Waals surface area contributed by atoms with Gasteiger partial charge in [-0.1, -0.05) is 26.0 Å². The Balaban J connectivity index is 0.000000180. The van der Waals surface area contributed by atoms with Crippen molar-refractivity contribution in [2.24, 2.45) is 0 Å². The second-order valence-electron chi connectivity index (χ2n) is 9.28. The minimum absolute atomic E-state index is 0.0893. The van der Waals surface area contributed by atoms with E-state index in [9.17, 15) is 8.78 Å². The van der Waals surface area contributed by atoms with Gasteiger partial charge in [-0.15, -0.1) is 81.2 Å². The molecule has 6 aromatic carbocycles. The Labute approximate surface area is 250 Å². The van der Waals surface area contributed by atoms with Crippen molar-refractivity contribution in [3.63, 3.8) is 0 Å². The van der Waals surface area contributed by atoms with Gasteiger partial charge < -0.3 is 10.2 Å². The molecule has 204 valence electrons. The van der Waals surface area contributed by atoms with E-state index < -0.39 is 0 Å². The van der Waals surface area contributed by atoms with Gasteiger partial charge in [0.15, 0.2) is 0 Å². The SMILES string of the molecule is C[Si](C)=[Zr+2].Cc1cc2ccccc2[cH-]1.Cc1cc2ccccc2[cH-]1.Oc1ccc(F)cc1.Oc1ccc(F)cc1. The predicted molar refractivity (Wildman–Crippen MR) is 162 cm³/mol. The molecule has 0 atom stereocenters. The number of hydrogen-bond acceptors (Lipinski definition) is 2. The van der Waals surface area contributed by atoms with Crippen LogP contribution in [0.2, 0.25) is 13.1 Å². The smallest absolute Gasteiger partial charge is 0.123 e. The second kappa shape index (κ2) is 17.4. The molecule has 0 aliphatic rings. The van der Waals surface area contributed by atoms with E-state index >= 15 is 0 Å². The summed E-state index contributed by atoms with van der Waals surface area (Å²) in [5.74, 6) is -0.483. The molecular weight excluding hydrogens is 598 g/mol. The maximum absolute atomic E-state index is 12.0. The van der Waals surface area contributed by atoms with E-state index in [1.165, 1.54) is 81.2 Å². The van der Waals surface area contributed by atoms with Crippen molar-refractivity contribution in [1.82, 2.24) is 0 Å². The summed E-state index contributed by atoms with van der Waals surface area (Å²) < 4.78 is 24.0. The molecule has 0 amide bonds. The summed E-state index contributed by atoms with van der Waals surface area (Å²) >= 11 is 1.74. The van der Waals surface area contributed by atoms with Gasteiger partial charge in [-0.05, 0) is 48.5 Å². The van der Waals surface area contributed by atoms with E-state index in [-0.39, 0.29) is 28.6 Å². The Bertz CT molecular complexity index is 1360. The number of rotatable bonds is 0. The van der Waals surface area contributed by atoms with Gasteiger partial charge in [0.05, 0.1) is 0 Å². The topological polar surface area (TPSA) is 40.5 Å². The molecule has 0 saturated heterocycles. The Morgan fingerprint density at radius 1 is 0.575 bits per heavy atom. The Kier molecular flexibility index (Phi) is 14.3. The van der Waals surface area contributed by atoms with Crippen LogP contribution in [0, 0.1) is 25.5 Å². The van der Waals surface area contributed by atoms with Crippen LogP contribution in [0.25, 0.3) is 21.5 Å². The molecule has 2 N–H and O–H groups in total. The number of aryl methyl sites for hydroxylation is 2. The summed E-state index contributed by atoms with van der Waals surface area (Å²) in [5, 5.41) is 22.6. The fourth-order valence-corrected chi connectivity index (χ4v) is 3.49. The quantitative estimate of drug-likeness (QED) is 0.129. The molecule has 6 heteroatoms. The van der Waals surface area contributed by atoms with Gasteiger partial charge in [-0.3, -0.25) is 0 Å². The van der Waals surface area contributed by atoms with E-state index in [1.54, 1.807) is 23.3 Å². The summed E-state index contributed by atoms with van der Waals surface area (Å²) in [6, 6.07) is 35.7. The van der Waals surface area contributed by atoms with Crippen molar-refractivity contribution in [1.29, 1.82) is 0 Å². The molecule has 0 aliphatic heterocycles. The Morgan fingerprint density at radius 2 is 0.875 bits per heavy atom. The normalized spacial score (nSPS) is 9.60. The minimum Gasteiger partial charge on any atom is -0.508 e. The van der Waals surface area contributed by atoms with Crippen molar-refractivity contribution in [2.75, 3.05) is 0 Å². The van der Waals surface area contributed by atoms with Crippen LogP contribution in [0.1, 0.15) is 11.1 Å². The molecule has 40 heavy (non-hydrogen) atoms. The largest absolute Gasteiger partial charge is 0.508 e. The van der Waals surface area contributed by atoms with Gasteiger partial charge in [0.25, 0.3) is 0 Å². The number of fused-ring (bicyclic) bond motifs is 2. The fourth-order valence-electron chi connectivity index (χ4n) is 3.49. The first-order chi connectivity index (χ1) is 19.0. The van der Waals surface area contributed by atoms with Crippen molar-refractivity contribution < 1.29 is 42.3 Å². The van der Waals surface area contributed by atoms with E-state index in [0.29, 0.717) is 0 Å². The number of phenols is 2. The van der Waals surface area contributed by atoms with Crippen molar-refractivity contribution in [2.45, 2.75) is 26.9 Å². The fraction of sp³-hybridized carbons (Fsp3) is 0.118. The van der Waals surface area contributed by atoms with Crippen LogP contribution in [0.3, 0.4) is 0 Å². The summed E-state index contributed by atoms with van der Waals surface area (Å²) in [7, 11) is 0. The molecule has 0 bridgehead atoms. The summed E-state index contributed by atoms with van der Waals surface area (Å²) in [6.07, 6.45) is 0. The zero-order valence-electron chi connectivity index (χ0n) is 23.2. The average Bonchev–Trinajstić information content (AvgIpc) is 3.49. The number of benzene rings is 4. The van der Waals surface area contributed by atoms with Crippen molar-refractivity contribution in [3.8, 4) is 11.5 Å². The third-order valence-corrected chi connectivity index (χ3v) is 5.18. The maximum Gasteiger partial charge on any atom is 0.123 e. The van der Waals surface area contributed by atoms with E-state index in [2.05, 4.69) is 99.7 Å². The molecule has 0 spiro atoms. The zero-order valence-corrected chi connectivity index (χ0v) is 26.7. The molecule has 0 heterocycles. The molecule has 0 saturated carbocycles. The molecular formula is C34H34F2O2SiZr. The van der Waals surface area contributed by atoms with Crippen LogP contribution in [0.5, 0.6) is 11.5 Å². The monoisotopic (exact) mass is 630 g/mol. The third kappa shape index (κ3) is 13.1. The van der Waals surface area contributed by atoms with Crippen LogP contribution >= 0.6 is 0 Å². The third-order valence-electron chi connectivity index (χ3n) is 5.18.